The fourth-order valence-corrected chi connectivity index (χ4v) is 2.20. The largest absolute Gasteiger partial charge is 0.369 e. The van der Waals surface area contributed by atoms with Crippen LogP contribution < -0.4 is 5.73 Å². The normalized spacial score (nSPS) is 10.6. The molecule has 0 fully saturated rings. The quantitative estimate of drug-likeness (QED) is 0.860. The van der Waals surface area contributed by atoms with E-state index in [9.17, 15) is 4.79 Å². The maximum atomic E-state index is 10.9. The Morgan fingerprint density at radius 3 is 2.88 bits per heavy atom. The highest BCUT2D eigenvalue weighted by Gasteiger charge is 2.05. The molecule has 0 aliphatic rings. The Morgan fingerprint density at radius 2 is 2.19 bits per heavy atom. The topological polar surface area (TPSA) is 56.0 Å². The molecule has 1 amide bonds. The highest BCUT2D eigenvalue weighted by atomic mass is 127. The first-order valence-electron chi connectivity index (χ1n) is 4.90. The predicted octanol–water partition coefficient (Wildman–Crippen LogP) is 2.18. The van der Waals surface area contributed by atoms with E-state index in [1.54, 1.807) is 0 Å². The minimum absolute atomic E-state index is 0.197. The number of nitrogens with two attached hydrogens (primary N) is 1. The zero-order chi connectivity index (χ0) is 11.7. The number of carbonyl (C=O) groups excluding carboxylic acids is 1. The fourth-order valence-electron chi connectivity index (χ4n) is 1.71. The number of hydrogen-bond acceptors (Lipinski definition) is 2. The molecule has 1 heterocycles. The van der Waals surface area contributed by atoms with E-state index < -0.39 is 0 Å². The van der Waals surface area contributed by atoms with Crippen LogP contribution in [0.5, 0.6) is 0 Å². The van der Waals surface area contributed by atoms with Crippen molar-refractivity contribution in [2.45, 2.75) is 13.3 Å². The number of benzene rings is 1. The molecular formula is C12H11IN2O. The monoisotopic (exact) mass is 326 g/mol. The molecule has 3 nitrogen and oxygen atoms in total. The van der Waals surface area contributed by atoms with E-state index in [2.05, 4.69) is 33.6 Å². The molecule has 0 spiro atoms. The number of halogens is 1. The molecule has 0 bridgehead atoms. The summed E-state index contributed by atoms with van der Waals surface area (Å²) >= 11 is 2.27. The summed E-state index contributed by atoms with van der Waals surface area (Å²) < 4.78 is 1.18. The molecule has 1 aromatic heterocycles. The van der Waals surface area contributed by atoms with Crippen LogP contribution in [0.3, 0.4) is 0 Å². The average molecular weight is 326 g/mol. The van der Waals surface area contributed by atoms with E-state index in [0.717, 1.165) is 22.2 Å². The molecule has 2 N–H and O–H groups in total. The molecule has 0 atom stereocenters. The van der Waals surface area contributed by atoms with E-state index in [1.807, 2.05) is 25.1 Å². The van der Waals surface area contributed by atoms with E-state index in [0.29, 0.717) is 0 Å². The molecule has 2 rings (SSSR count). The van der Waals surface area contributed by atoms with Crippen molar-refractivity contribution in [2.24, 2.45) is 5.73 Å². The third kappa shape index (κ3) is 2.32. The van der Waals surface area contributed by atoms with Crippen LogP contribution in [0.1, 0.15) is 11.3 Å². The second-order valence-electron chi connectivity index (χ2n) is 3.74. The van der Waals surface area contributed by atoms with E-state index in [1.165, 1.54) is 3.57 Å². The summed E-state index contributed by atoms with van der Waals surface area (Å²) in [6.07, 6.45) is 0.197. The Kier molecular flexibility index (Phi) is 3.09. The summed E-state index contributed by atoms with van der Waals surface area (Å²) in [7, 11) is 0. The van der Waals surface area contributed by atoms with Gasteiger partial charge in [0.15, 0.2) is 0 Å². The second-order valence-corrected chi connectivity index (χ2v) is 4.98. The lowest BCUT2D eigenvalue weighted by molar-refractivity contribution is -0.117. The molecule has 0 radical (unpaired) electrons. The Hall–Kier alpha value is -1.17. The Morgan fingerprint density at radius 1 is 1.44 bits per heavy atom. The Balaban J connectivity index is 2.59. The molecule has 0 aliphatic heterocycles. The number of rotatable bonds is 2. The molecule has 0 aliphatic carbocycles. The van der Waals surface area contributed by atoms with Crippen LogP contribution in [-0.2, 0) is 11.2 Å². The van der Waals surface area contributed by atoms with Crippen molar-refractivity contribution >= 4 is 39.4 Å². The van der Waals surface area contributed by atoms with Gasteiger partial charge < -0.3 is 5.73 Å². The van der Waals surface area contributed by atoms with Crippen molar-refractivity contribution in [1.29, 1.82) is 0 Å². The van der Waals surface area contributed by atoms with Crippen LogP contribution in [0.25, 0.3) is 10.9 Å². The van der Waals surface area contributed by atoms with Crippen LogP contribution in [0.2, 0.25) is 0 Å². The van der Waals surface area contributed by atoms with E-state index in [-0.39, 0.29) is 12.3 Å². The minimum atomic E-state index is -0.350. The van der Waals surface area contributed by atoms with Crippen molar-refractivity contribution < 1.29 is 4.79 Å². The lowest BCUT2D eigenvalue weighted by Gasteiger charge is -2.05. The van der Waals surface area contributed by atoms with Gasteiger partial charge in [0.25, 0.3) is 0 Å². The van der Waals surface area contributed by atoms with Crippen LogP contribution >= 0.6 is 22.6 Å². The lowest BCUT2D eigenvalue weighted by Crippen LogP contribution is -2.14. The van der Waals surface area contributed by atoms with Gasteiger partial charge in [0.1, 0.15) is 0 Å². The molecule has 0 saturated heterocycles. The van der Waals surface area contributed by atoms with Gasteiger partial charge in [0.2, 0.25) is 5.91 Å². The summed E-state index contributed by atoms with van der Waals surface area (Å²) in [5.74, 6) is -0.350. The number of primary amides is 1. The van der Waals surface area contributed by atoms with Crippen LogP contribution in [-0.4, -0.2) is 10.9 Å². The summed E-state index contributed by atoms with van der Waals surface area (Å²) in [6.45, 7) is 2.02. The van der Waals surface area contributed by atoms with E-state index in [4.69, 9.17) is 5.73 Å². The van der Waals surface area contributed by atoms with Gasteiger partial charge in [0, 0.05) is 8.96 Å². The SMILES string of the molecule is Cc1cc(CC(N)=O)nc2ccc(I)cc12. The summed E-state index contributed by atoms with van der Waals surface area (Å²) in [6, 6.07) is 7.98. The number of pyridine rings is 1. The minimum Gasteiger partial charge on any atom is -0.369 e. The third-order valence-corrected chi connectivity index (χ3v) is 3.06. The molecule has 1 aromatic carbocycles. The highest BCUT2D eigenvalue weighted by Crippen LogP contribution is 2.20. The highest BCUT2D eigenvalue weighted by molar-refractivity contribution is 14.1. The van der Waals surface area contributed by atoms with Crippen molar-refractivity contribution in [3.63, 3.8) is 0 Å². The zero-order valence-electron chi connectivity index (χ0n) is 8.83. The first kappa shape index (κ1) is 11.3. The number of aromatic nitrogens is 1. The first-order chi connectivity index (χ1) is 7.56. The van der Waals surface area contributed by atoms with Gasteiger partial charge in [0.05, 0.1) is 17.6 Å². The second kappa shape index (κ2) is 4.37. The Bertz CT molecular complexity index is 566. The van der Waals surface area contributed by atoms with Crippen LogP contribution in [0, 0.1) is 10.5 Å². The molecule has 82 valence electrons. The number of aryl methyl sites for hydroxylation is 1. The van der Waals surface area contributed by atoms with Crippen molar-refractivity contribution in [3.05, 3.63) is 39.1 Å². The number of carbonyl (C=O) groups is 1. The first-order valence-corrected chi connectivity index (χ1v) is 5.98. The maximum absolute atomic E-state index is 10.9. The van der Waals surface area contributed by atoms with Gasteiger partial charge >= 0.3 is 0 Å². The third-order valence-electron chi connectivity index (χ3n) is 2.39. The molecule has 2 aromatic rings. The van der Waals surface area contributed by atoms with Gasteiger partial charge in [-0.1, -0.05) is 0 Å². The van der Waals surface area contributed by atoms with Gasteiger partial charge in [-0.15, -0.1) is 0 Å². The molecular weight excluding hydrogens is 315 g/mol. The molecule has 16 heavy (non-hydrogen) atoms. The van der Waals surface area contributed by atoms with Gasteiger partial charge in [-0.3, -0.25) is 9.78 Å². The number of hydrogen-bond donors (Lipinski definition) is 1. The van der Waals surface area contributed by atoms with Gasteiger partial charge in [-0.25, -0.2) is 0 Å². The predicted molar refractivity (Wildman–Crippen MR) is 72.1 cm³/mol. The maximum Gasteiger partial charge on any atom is 0.223 e. The zero-order valence-corrected chi connectivity index (χ0v) is 11.0. The smallest absolute Gasteiger partial charge is 0.223 e. The van der Waals surface area contributed by atoms with Crippen molar-refractivity contribution in [3.8, 4) is 0 Å². The molecule has 0 saturated carbocycles. The number of amides is 1. The number of fused-ring (bicyclic) bond motifs is 1. The van der Waals surface area contributed by atoms with Gasteiger partial charge in [-0.05, 0) is 59.3 Å². The fraction of sp³-hybridized carbons (Fsp3) is 0.167. The van der Waals surface area contributed by atoms with Crippen molar-refractivity contribution in [1.82, 2.24) is 4.98 Å². The molecule has 4 heteroatoms. The summed E-state index contributed by atoms with van der Waals surface area (Å²) in [5, 5.41) is 1.13. The van der Waals surface area contributed by atoms with Crippen LogP contribution in [0.4, 0.5) is 0 Å². The number of nitrogens with zero attached hydrogens (tertiary/aromatic N) is 1. The summed E-state index contributed by atoms with van der Waals surface area (Å²) in [4.78, 5) is 15.3. The van der Waals surface area contributed by atoms with Gasteiger partial charge in [-0.2, -0.15) is 0 Å². The standard InChI is InChI=1S/C12H11IN2O/c1-7-4-9(6-12(14)16)15-11-3-2-8(13)5-10(7)11/h2-5H,6H2,1H3,(H2,14,16). The Labute approximate surface area is 107 Å². The molecule has 0 unspecified atom stereocenters. The lowest BCUT2D eigenvalue weighted by atomic mass is 10.1. The van der Waals surface area contributed by atoms with E-state index >= 15 is 0 Å². The summed E-state index contributed by atoms with van der Waals surface area (Å²) in [5.41, 5.74) is 7.94. The average Bonchev–Trinajstić information content (AvgIpc) is 2.18. The van der Waals surface area contributed by atoms with Crippen molar-refractivity contribution in [2.75, 3.05) is 0 Å². The van der Waals surface area contributed by atoms with Crippen LogP contribution in [0.15, 0.2) is 24.3 Å².